The summed E-state index contributed by atoms with van der Waals surface area (Å²) in [7, 11) is 1.54. The van der Waals surface area contributed by atoms with E-state index in [4.69, 9.17) is 9.47 Å². The van der Waals surface area contributed by atoms with Gasteiger partial charge in [0, 0.05) is 17.2 Å². The molecule has 0 saturated carbocycles. The predicted molar refractivity (Wildman–Crippen MR) is 112 cm³/mol. The van der Waals surface area contributed by atoms with E-state index in [1.54, 1.807) is 49.6 Å². The maximum Gasteiger partial charge on any atom is 0.273 e. The van der Waals surface area contributed by atoms with Gasteiger partial charge in [0.2, 0.25) is 0 Å². The van der Waals surface area contributed by atoms with Gasteiger partial charge in [0.1, 0.15) is 23.9 Å². The third-order valence-electron chi connectivity index (χ3n) is 4.59. The fourth-order valence-electron chi connectivity index (χ4n) is 3.11. The number of methoxy groups -OCH3 is 1. The van der Waals surface area contributed by atoms with Crippen molar-refractivity contribution in [3.05, 3.63) is 92.8 Å². The molecular formula is C22H17N3O5. The van der Waals surface area contributed by atoms with Crippen LogP contribution in [0, 0.1) is 10.1 Å². The van der Waals surface area contributed by atoms with Gasteiger partial charge in [0.25, 0.3) is 11.2 Å². The second-order valence-electron chi connectivity index (χ2n) is 6.50. The number of H-pyrrole nitrogens is 1. The Kier molecular flexibility index (Phi) is 5.13. The molecule has 150 valence electrons. The molecule has 0 unspecified atom stereocenters. The minimum Gasteiger partial charge on any atom is -0.496 e. The topological polar surface area (TPSA) is 107 Å². The van der Waals surface area contributed by atoms with Gasteiger partial charge in [-0.15, -0.1) is 0 Å². The number of benzene rings is 3. The molecule has 0 aliphatic carbocycles. The number of nitro benzene ring substituents is 1. The molecule has 0 radical (unpaired) electrons. The lowest BCUT2D eigenvalue weighted by molar-refractivity contribution is -0.384. The van der Waals surface area contributed by atoms with Gasteiger partial charge in [-0.2, -0.15) is 0 Å². The number of ether oxygens (including phenoxy) is 2. The number of rotatable bonds is 6. The molecule has 0 fully saturated rings. The van der Waals surface area contributed by atoms with Crippen molar-refractivity contribution in [1.82, 2.24) is 9.97 Å². The normalized spacial score (nSPS) is 10.7. The van der Waals surface area contributed by atoms with E-state index < -0.39 is 4.92 Å². The summed E-state index contributed by atoms with van der Waals surface area (Å²) in [6.07, 6.45) is 0. The molecule has 8 heteroatoms. The first-order valence-corrected chi connectivity index (χ1v) is 9.09. The van der Waals surface area contributed by atoms with E-state index in [2.05, 4.69) is 9.97 Å². The molecule has 30 heavy (non-hydrogen) atoms. The van der Waals surface area contributed by atoms with Crippen molar-refractivity contribution in [1.29, 1.82) is 0 Å². The van der Waals surface area contributed by atoms with Gasteiger partial charge in [-0.1, -0.05) is 18.2 Å². The van der Waals surface area contributed by atoms with Crippen LogP contribution in [0.3, 0.4) is 0 Å². The highest BCUT2D eigenvalue weighted by Crippen LogP contribution is 2.27. The summed E-state index contributed by atoms with van der Waals surface area (Å²) in [5, 5.41) is 11.5. The largest absolute Gasteiger partial charge is 0.496 e. The van der Waals surface area contributed by atoms with E-state index >= 15 is 0 Å². The van der Waals surface area contributed by atoms with E-state index in [0.29, 0.717) is 39.4 Å². The Balaban J connectivity index is 1.66. The van der Waals surface area contributed by atoms with Crippen LogP contribution in [0.5, 0.6) is 11.5 Å². The Morgan fingerprint density at radius 2 is 1.90 bits per heavy atom. The van der Waals surface area contributed by atoms with Crippen molar-refractivity contribution >= 4 is 16.6 Å². The van der Waals surface area contributed by atoms with Crippen molar-refractivity contribution in [2.75, 3.05) is 7.11 Å². The second kappa shape index (κ2) is 8.04. The Morgan fingerprint density at radius 1 is 1.07 bits per heavy atom. The number of fused-ring (bicyclic) bond motifs is 1. The van der Waals surface area contributed by atoms with E-state index in [1.165, 1.54) is 12.1 Å². The van der Waals surface area contributed by atoms with Gasteiger partial charge >= 0.3 is 0 Å². The number of nitro groups is 1. The van der Waals surface area contributed by atoms with E-state index in [-0.39, 0.29) is 17.9 Å². The summed E-state index contributed by atoms with van der Waals surface area (Å²) in [5.74, 6) is 1.39. The average molecular weight is 403 g/mol. The van der Waals surface area contributed by atoms with Gasteiger partial charge in [0.05, 0.1) is 29.0 Å². The molecule has 4 rings (SSSR count). The molecule has 0 aliphatic heterocycles. The van der Waals surface area contributed by atoms with Crippen molar-refractivity contribution in [2.24, 2.45) is 0 Å². The van der Waals surface area contributed by atoms with Crippen LogP contribution in [0.25, 0.3) is 22.3 Å². The van der Waals surface area contributed by atoms with Crippen LogP contribution in [0.4, 0.5) is 5.69 Å². The minimum atomic E-state index is -0.476. The minimum absolute atomic E-state index is 0.0499. The Bertz CT molecular complexity index is 1300. The maximum atomic E-state index is 12.4. The van der Waals surface area contributed by atoms with E-state index in [1.807, 2.05) is 12.1 Å². The SMILES string of the molecule is COc1ccc(-c2nc3ccccc3c(=O)[nH]2)cc1COc1cccc([N+](=O)[O-])c1. The number of non-ortho nitro benzene ring substituents is 1. The van der Waals surface area contributed by atoms with Crippen molar-refractivity contribution < 1.29 is 14.4 Å². The first-order chi connectivity index (χ1) is 14.5. The van der Waals surface area contributed by atoms with Crippen molar-refractivity contribution in [3.63, 3.8) is 0 Å². The fourth-order valence-corrected chi connectivity index (χ4v) is 3.11. The van der Waals surface area contributed by atoms with Crippen molar-refractivity contribution in [3.8, 4) is 22.9 Å². The summed E-state index contributed by atoms with van der Waals surface area (Å²) in [6, 6.07) is 18.4. The first kappa shape index (κ1) is 19.1. The quantitative estimate of drug-likeness (QED) is 0.384. The fraction of sp³-hybridized carbons (Fsp3) is 0.0909. The summed E-state index contributed by atoms with van der Waals surface area (Å²) in [5.41, 5.74) is 1.72. The summed E-state index contributed by atoms with van der Waals surface area (Å²) in [6.45, 7) is 0.121. The van der Waals surface area contributed by atoms with Gasteiger partial charge in [-0.25, -0.2) is 4.98 Å². The van der Waals surface area contributed by atoms with Crippen LogP contribution in [-0.2, 0) is 6.61 Å². The first-order valence-electron chi connectivity index (χ1n) is 9.09. The Morgan fingerprint density at radius 3 is 2.70 bits per heavy atom. The standard InChI is InChI=1S/C22H17N3O5/c1-29-20-10-9-14(21-23-19-8-3-2-7-18(19)22(26)24-21)11-15(20)13-30-17-6-4-5-16(12-17)25(27)28/h2-12H,13H2,1H3,(H,23,24,26). The number of aromatic amines is 1. The van der Waals surface area contributed by atoms with Gasteiger partial charge in [-0.05, 0) is 36.4 Å². The van der Waals surface area contributed by atoms with Crippen LogP contribution in [0.15, 0.2) is 71.5 Å². The third kappa shape index (κ3) is 3.83. The molecule has 0 aliphatic rings. The van der Waals surface area contributed by atoms with Crippen molar-refractivity contribution in [2.45, 2.75) is 6.61 Å². The third-order valence-corrected chi connectivity index (χ3v) is 4.59. The smallest absolute Gasteiger partial charge is 0.273 e. The molecular weight excluding hydrogens is 386 g/mol. The number of nitrogens with zero attached hydrogens (tertiary/aromatic N) is 2. The number of nitrogens with one attached hydrogen (secondary N) is 1. The number of hydrogen-bond acceptors (Lipinski definition) is 6. The Labute approximate surface area is 170 Å². The summed E-state index contributed by atoms with van der Waals surface area (Å²) in [4.78, 5) is 30.2. The summed E-state index contributed by atoms with van der Waals surface area (Å²) >= 11 is 0. The highest BCUT2D eigenvalue weighted by molar-refractivity contribution is 5.79. The highest BCUT2D eigenvalue weighted by atomic mass is 16.6. The van der Waals surface area contributed by atoms with Gasteiger partial charge in [0.15, 0.2) is 0 Å². The second-order valence-corrected chi connectivity index (χ2v) is 6.50. The molecule has 0 amide bonds. The lowest BCUT2D eigenvalue weighted by atomic mass is 10.1. The van der Waals surface area contributed by atoms with Crippen LogP contribution < -0.4 is 15.0 Å². The lowest BCUT2D eigenvalue weighted by Crippen LogP contribution is -2.09. The zero-order valence-electron chi connectivity index (χ0n) is 16.0. The van der Waals surface area contributed by atoms with Crippen LogP contribution >= 0.6 is 0 Å². The molecule has 1 aromatic heterocycles. The van der Waals surface area contributed by atoms with Gasteiger partial charge < -0.3 is 14.5 Å². The molecule has 1 N–H and O–H groups in total. The number of aromatic nitrogens is 2. The molecule has 4 aromatic rings. The predicted octanol–water partition coefficient (Wildman–Crippen LogP) is 4.09. The molecule has 0 bridgehead atoms. The molecule has 0 atom stereocenters. The molecule has 3 aromatic carbocycles. The monoisotopic (exact) mass is 403 g/mol. The maximum absolute atomic E-state index is 12.4. The van der Waals surface area contributed by atoms with E-state index in [0.717, 1.165) is 0 Å². The van der Waals surface area contributed by atoms with Crippen LogP contribution in [0.2, 0.25) is 0 Å². The molecule has 1 heterocycles. The van der Waals surface area contributed by atoms with Crippen LogP contribution in [0.1, 0.15) is 5.56 Å². The van der Waals surface area contributed by atoms with E-state index in [9.17, 15) is 14.9 Å². The zero-order chi connectivity index (χ0) is 21.1. The number of hydrogen-bond donors (Lipinski definition) is 1. The van der Waals surface area contributed by atoms with Gasteiger partial charge in [-0.3, -0.25) is 14.9 Å². The number of para-hydroxylation sites is 1. The zero-order valence-corrected chi connectivity index (χ0v) is 16.0. The molecule has 0 saturated heterocycles. The summed E-state index contributed by atoms with van der Waals surface area (Å²) < 4.78 is 11.1. The lowest BCUT2D eigenvalue weighted by Gasteiger charge is -2.12. The molecule has 8 nitrogen and oxygen atoms in total. The highest BCUT2D eigenvalue weighted by Gasteiger charge is 2.12. The Hall–Kier alpha value is -4.20. The average Bonchev–Trinajstić information content (AvgIpc) is 2.77. The van der Waals surface area contributed by atoms with Crippen LogP contribution in [-0.4, -0.2) is 22.0 Å². The molecule has 0 spiro atoms.